The molecule has 0 bridgehead atoms. The molecule has 2 N–H and O–H groups in total. The molecule has 1 aliphatic heterocycles. The van der Waals surface area contributed by atoms with Gasteiger partial charge in [-0.3, -0.25) is 0 Å². The smallest absolute Gasteiger partial charge is 0.0613 e. The molecule has 0 radical (unpaired) electrons. The number of aromatic nitrogens is 1. The molecule has 1 aromatic heterocycles. The Morgan fingerprint density at radius 3 is 3.06 bits per heavy atom. The Morgan fingerprint density at radius 2 is 2.25 bits per heavy atom. The minimum Gasteiger partial charge on any atom is -0.357 e. The highest BCUT2D eigenvalue weighted by atomic mass is 35.5. The van der Waals surface area contributed by atoms with E-state index in [0.717, 1.165) is 23.5 Å². The van der Waals surface area contributed by atoms with Gasteiger partial charge in [-0.2, -0.15) is 0 Å². The lowest BCUT2D eigenvalue weighted by molar-refractivity contribution is 0.537. The first-order chi connectivity index (χ1) is 7.79. The van der Waals surface area contributed by atoms with Crippen molar-refractivity contribution in [3.63, 3.8) is 0 Å². The van der Waals surface area contributed by atoms with E-state index in [4.69, 9.17) is 23.2 Å². The molecule has 3 rings (SSSR count). The Balaban J connectivity index is 2.24. The Hall–Kier alpha value is -0.700. The third kappa shape index (κ3) is 1.53. The summed E-state index contributed by atoms with van der Waals surface area (Å²) in [6.07, 6.45) is 1.03. The maximum atomic E-state index is 6.03. The van der Waals surface area contributed by atoms with Gasteiger partial charge in [0.05, 0.1) is 6.04 Å². The number of H-pyrrole nitrogens is 1. The SMILES string of the molecule is ClCC1NCCc2c1[nH]c1ccc(Cl)cc21. The Kier molecular flexibility index (Phi) is 2.58. The summed E-state index contributed by atoms with van der Waals surface area (Å²) in [6.45, 7) is 0.976. The van der Waals surface area contributed by atoms with Gasteiger partial charge in [0.15, 0.2) is 0 Å². The molecule has 0 saturated heterocycles. The second kappa shape index (κ2) is 3.95. The number of hydrogen-bond donors (Lipinski definition) is 2. The number of benzene rings is 1. The zero-order valence-electron chi connectivity index (χ0n) is 8.69. The largest absolute Gasteiger partial charge is 0.357 e. The fraction of sp³-hybridized carbons (Fsp3) is 0.333. The zero-order valence-corrected chi connectivity index (χ0v) is 10.2. The molecule has 16 heavy (non-hydrogen) atoms. The summed E-state index contributed by atoms with van der Waals surface area (Å²) in [6, 6.07) is 6.20. The molecular formula is C12H12Cl2N2. The fourth-order valence-corrected chi connectivity index (χ4v) is 2.85. The van der Waals surface area contributed by atoms with Crippen LogP contribution < -0.4 is 5.32 Å². The molecular weight excluding hydrogens is 243 g/mol. The van der Waals surface area contributed by atoms with E-state index in [1.54, 1.807) is 0 Å². The van der Waals surface area contributed by atoms with Crippen molar-refractivity contribution < 1.29 is 0 Å². The van der Waals surface area contributed by atoms with E-state index in [0.29, 0.717) is 5.88 Å². The van der Waals surface area contributed by atoms with Crippen molar-refractivity contribution in [3.05, 3.63) is 34.5 Å². The van der Waals surface area contributed by atoms with Crippen molar-refractivity contribution in [3.8, 4) is 0 Å². The van der Waals surface area contributed by atoms with Crippen LogP contribution in [0.4, 0.5) is 0 Å². The van der Waals surface area contributed by atoms with E-state index in [2.05, 4.69) is 10.3 Å². The summed E-state index contributed by atoms with van der Waals surface area (Å²) in [4.78, 5) is 3.44. The van der Waals surface area contributed by atoms with Gasteiger partial charge < -0.3 is 10.3 Å². The first kappa shape index (κ1) is 10.5. The van der Waals surface area contributed by atoms with Crippen LogP contribution in [0, 0.1) is 0 Å². The Bertz CT molecular complexity index is 533. The van der Waals surface area contributed by atoms with E-state index >= 15 is 0 Å². The highest BCUT2D eigenvalue weighted by Gasteiger charge is 2.22. The van der Waals surface area contributed by atoms with Gasteiger partial charge in [-0.15, -0.1) is 11.6 Å². The molecule has 0 amide bonds. The number of alkyl halides is 1. The summed E-state index contributed by atoms with van der Waals surface area (Å²) < 4.78 is 0. The molecule has 2 heterocycles. The standard InChI is InChI=1S/C12H12Cl2N2/c13-6-11-12-8(3-4-15-11)9-5-7(14)1-2-10(9)16-12/h1-2,5,11,15-16H,3-4,6H2. The normalized spacial score (nSPS) is 20.0. The van der Waals surface area contributed by atoms with Gasteiger partial charge in [0.25, 0.3) is 0 Å². The molecule has 0 aliphatic carbocycles. The Labute approximate surface area is 104 Å². The average Bonchev–Trinajstić information content (AvgIpc) is 2.67. The van der Waals surface area contributed by atoms with Crippen molar-refractivity contribution in [2.75, 3.05) is 12.4 Å². The third-order valence-electron chi connectivity index (χ3n) is 3.17. The molecule has 2 nitrogen and oxygen atoms in total. The van der Waals surface area contributed by atoms with Crippen molar-refractivity contribution >= 4 is 34.1 Å². The third-order valence-corrected chi connectivity index (χ3v) is 3.71. The lowest BCUT2D eigenvalue weighted by Crippen LogP contribution is -2.30. The molecule has 4 heteroatoms. The molecule has 1 unspecified atom stereocenters. The summed E-state index contributed by atoms with van der Waals surface area (Å²) in [7, 11) is 0. The molecule has 84 valence electrons. The number of halogens is 2. The topological polar surface area (TPSA) is 27.8 Å². The number of rotatable bonds is 1. The maximum absolute atomic E-state index is 6.03. The molecule has 0 fully saturated rings. The second-order valence-corrected chi connectivity index (χ2v) is 4.86. The number of aromatic amines is 1. The van der Waals surface area contributed by atoms with Crippen LogP contribution in [-0.4, -0.2) is 17.4 Å². The van der Waals surface area contributed by atoms with E-state index in [1.165, 1.54) is 16.6 Å². The quantitative estimate of drug-likeness (QED) is 0.752. The lowest BCUT2D eigenvalue weighted by Gasteiger charge is -2.22. The summed E-state index contributed by atoms with van der Waals surface area (Å²) in [5.74, 6) is 0.591. The summed E-state index contributed by atoms with van der Waals surface area (Å²) in [5, 5.41) is 5.43. The summed E-state index contributed by atoms with van der Waals surface area (Å²) in [5.41, 5.74) is 3.73. The zero-order chi connectivity index (χ0) is 11.1. The van der Waals surface area contributed by atoms with Crippen LogP contribution in [0.5, 0.6) is 0 Å². The van der Waals surface area contributed by atoms with Crippen molar-refractivity contribution in [1.82, 2.24) is 10.3 Å². The molecule has 2 aromatic rings. The van der Waals surface area contributed by atoms with Crippen LogP contribution in [0.25, 0.3) is 10.9 Å². The number of hydrogen-bond acceptors (Lipinski definition) is 1. The first-order valence-electron chi connectivity index (χ1n) is 5.39. The van der Waals surface area contributed by atoms with Crippen molar-refractivity contribution in [1.29, 1.82) is 0 Å². The van der Waals surface area contributed by atoms with E-state index < -0.39 is 0 Å². The highest BCUT2D eigenvalue weighted by Crippen LogP contribution is 2.31. The van der Waals surface area contributed by atoms with Crippen LogP contribution in [0.3, 0.4) is 0 Å². The molecule has 1 aliphatic rings. The first-order valence-corrected chi connectivity index (χ1v) is 6.30. The van der Waals surface area contributed by atoms with Crippen LogP contribution in [0.15, 0.2) is 18.2 Å². The molecule has 1 atom stereocenters. The van der Waals surface area contributed by atoms with Crippen LogP contribution in [-0.2, 0) is 6.42 Å². The maximum Gasteiger partial charge on any atom is 0.0613 e. The van der Waals surface area contributed by atoms with Crippen molar-refractivity contribution in [2.45, 2.75) is 12.5 Å². The van der Waals surface area contributed by atoms with Gasteiger partial charge in [-0.25, -0.2) is 0 Å². The minimum atomic E-state index is 0.233. The number of fused-ring (bicyclic) bond motifs is 3. The molecule has 0 saturated carbocycles. The van der Waals surface area contributed by atoms with Crippen LogP contribution in [0.2, 0.25) is 5.02 Å². The fourth-order valence-electron chi connectivity index (χ4n) is 2.41. The van der Waals surface area contributed by atoms with E-state index in [9.17, 15) is 0 Å². The predicted octanol–water partition coefficient (Wildman–Crippen LogP) is 3.25. The van der Waals surface area contributed by atoms with Gasteiger partial charge in [0.1, 0.15) is 0 Å². The number of nitrogens with one attached hydrogen (secondary N) is 2. The highest BCUT2D eigenvalue weighted by molar-refractivity contribution is 6.31. The van der Waals surface area contributed by atoms with Crippen molar-refractivity contribution in [2.24, 2.45) is 0 Å². The van der Waals surface area contributed by atoms with Crippen LogP contribution in [0.1, 0.15) is 17.3 Å². The minimum absolute atomic E-state index is 0.233. The molecule has 0 spiro atoms. The van der Waals surface area contributed by atoms with E-state index in [1.807, 2.05) is 18.2 Å². The van der Waals surface area contributed by atoms with E-state index in [-0.39, 0.29) is 6.04 Å². The average molecular weight is 255 g/mol. The monoisotopic (exact) mass is 254 g/mol. The Morgan fingerprint density at radius 1 is 1.38 bits per heavy atom. The van der Waals surface area contributed by atoms with Gasteiger partial charge in [0, 0.05) is 27.5 Å². The van der Waals surface area contributed by atoms with Gasteiger partial charge >= 0.3 is 0 Å². The molecule has 1 aromatic carbocycles. The van der Waals surface area contributed by atoms with Crippen LogP contribution >= 0.6 is 23.2 Å². The summed E-state index contributed by atoms with van der Waals surface area (Å²) >= 11 is 12.0. The van der Waals surface area contributed by atoms with Gasteiger partial charge in [0.2, 0.25) is 0 Å². The van der Waals surface area contributed by atoms with Gasteiger partial charge in [-0.1, -0.05) is 11.6 Å². The second-order valence-electron chi connectivity index (χ2n) is 4.12. The predicted molar refractivity (Wildman–Crippen MR) is 68.5 cm³/mol. The van der Waals surface area contributed by atoms with Gasteiger partial charge in [-0.05, 0) is 36.7 Å². The lowest BCUT2D eigenvalue weighted by atomic mass is 10.0.